The van der Waals surface area contributed by atoms with Gasteiger partial charge in [0.05, 0.1) is 17.5 Å². The van der Waals surface area contributed by atoms with Crippen LogP contribution in [0.25, 0.3) is 0 Å². The van der Waals surface area contributed by atoms with Crippen molar-refractivity contribution in [3.63, 3.8) is 0 Å². The van der Waals surface area contributed by atoms with Gasteiger partial charge >= 0.3 is 0 Å². The highest BCUT2D eigenvalue weighted by atomic mass is 32.2. The van der Waals surface area contributed by atoms with Gasteiger partial charge < -0.3 is 10.6 Å². The van der Waals surface area contributed by atoms with Crippen LogP contribution in [0.3, 0.4) is 0 Å². The van der Waals surface area contributed by atoms with Crippen molar-refractivity contribution in [1.82, 2.24) is 15.5 Å². The highest BCUT2D eigenvalue weighted by Crippen LogP contribution is 2.23. The lowest BCUT2D eigenvalue weighted by Crippen LogP contribution is -2.52. The second-order valence-corrected chi connectivity index (χ2v) is 8.86. The number of nitrogens with two attached hydrogens (primary N) is 1. The van der Waals surface area contributed by atoms with Gasteiger partial charge in [-0.2, -0.15) is 0 Å². The van der Waals surface area contributed by atoms with Crippen LogP contribution >= 0.6 is 0 Å². The molecule has 8 nitrogen and oxygen atoms in total. The normalized spacial score (nSPS) is 16.5. The van der Waals surface area contributed by atoms with Crippen molar-refractivity contribution in [3.05, 3.63) is 65.2 Å². The SMILES string of the molecule is CNC(=O)C1Cc2ccccc2CN1CC(=O)NCCc1ccc(S(N)(=O)=O)cc1. The first-order chi connectivity index (χ1) is 14.3. The minimum atomic E-state index is -3.71. The minimum Gasteiger partial charge on any atom is -0.358 e. The van der Waals surface area contributed by atoms with E-state index in [2.05, 4.69) is 10.6 Å². The maximum absolute atomic E-state index is 12.5. The second kappa shape index (κ2) is 9.38. The number of fused-ring (bicyclic) bond motifs is 1. The lowest BCUT2D eigenvalue weighted by Gasteiger charge is -2.35. The third-order valence-corrected chi connectivity index (χ3v) is 6.16. The fourth-order valence-electron chi connectivity index (χ4n) is 3.60. The number of likely N-dealkylation sites (N-methyl/N-ethyl adjacent to an activating group) is 1. The number of sulfonamides is 1. The van der Waals surface area contributed by atoms with Gasteiger partial charge in [0.25, 0.3) is 0 Å². The van der Waals surface area contributed by atoms with Crippen LogP contribution in [-0.4, -0.2) is 51.3 Å². The molecule has 4 N–H and O–H groups in total. The second-order valence-electron chi connectivity index (χ2n) is 7.30. The van der Waals surface area contributed by atoms with Gasteiger partial charge in [0.1, 0.15) is 0 Å². The molecule has 30 heavy (non-hydrogen) atoms. The number of primary sulfonamides is 1. The Morgan fingerprint density at radius 1 is 1.10 bits per heavy atom. The molecule has 160 valence electrons. The van der Waals surface area contributed by atoms with Gasteiger partial charge in [-0.3, -0.25) is 14.5 Å². The van der Waals surface area contributed by atoms with E-state index in [0.717, 1.165) is 16.7 Å². The Kier molecular flexibility index (Phi) is 6.86. The van der Waals surface area contributed by atoms with E-state index < -0.39 is 10.0 Å². The Labute approximate surface area is 176 Å². The molecule has 0 fully saturated rings. The first-order valence-electron chi connectivity index (χ1n) is 9.69. The van der Waals surface area contributed by atoms with Crippen molar-refractivity contribution >= 4 is 21.8 Å². The summed E-state index contributed by atoms with van der Waals surface area (Å²) in [7, 11) is -2.11. The van der Waals surface area contributed by atoms with E-state index in [1.54, 1.807) is 19.2 Å². The minimum absolute atomic E-state index is 0.0564. The summed E-state index contributed by atoms with van der Waals surface area (Å²) in [4.78, 5) is 26.7. The van der Waals surface area contributed by atoms with Gasteiger partial charge in [0, 0.05) is 20.1 Å². The third kappa shape index (κ3) is 5.44. The largest absolute Gasteiger partial charge is 0.358 e. The van der Waals surface area contributed by atoms with Gasteiger partial charge in [0.2, 0.25) is 21.8 Å². The molecular weight excluding hydrogens is 404 g/mol. The maximum Gasteiger partial charge on any atom is 0.238 e. The monoisotopic (exact) mass is 430 g/mol. The number of hydrogen-bond donors (Lipinski definition) is 3. The van der Waals surface area contributed by atoms with Crippen LogP contribution in [0, 0.1) is 0 Å². The van der Waals surface area contributed by atoms with Crippen LogP contribution in [0.4, 0.5) is 0 Å². The third-order valence-electron chi connectivity index (χ3n) is 5.23. The topological polar surface area (TPSA) is 122 Å². The summed E-state index contributed by atoms with van der Waals surface area (Å²) in [6.45, 7) is 1.07. The quantitative estimate of drug-likeness (QED) is 0.578. The lowest BCUT2D eigenvalue weighted by molar-refractivity contribution is -0.129. The molecule has 2 amide bonds. The summed E-state index contributed by atoms with van der Waals surface area (Å²) >= 11 is 0. The van der Waals surface area contributed by atoms with Crippen LogP contribution < -0.4 is 15.8 Å². The van der Waals surface area contributed by atoms with E-state index in [1.165, 1.54) is 12.1 Å². The number of carbonyl (C=O) groups excluding carboxylic acids is 2. The molecule has 1 atom stereocenters. The molecule has 1 aliphatic rings. The van der Waals surface area contributed by atoms with Gasteiger partial charge in [0.15, 0.2) is 0 Å². The van der Waals surface area contributed by atoms with E-state index in [1.807, 2.05) is 29.2 Å². The number of nitrogens with one attached hydrogen (secondary N) is 2. The number of benzene rings is 2. The Balaban J connectivity index is 1.56. The average Bonchev–Trinajstić information content (AvgIpc) is 2.72. The molecule has 2 aromatic carbocycles. The summed E-state index contributed by atoms with van der Waals surface area (Å²) in [5.41, 5.74) is 3.14. The number of rotatable bonds is 7. The molecule has 0 bridgehead atoms. The fraction of sp³-hybridized carbons (Fsp3) is 0.333. The summed E-state index contributed by atoms with van der Waals surface area (Å²) in [5.74, 6) is -0.267. The van der Waals surface area contributed by atoms with Crippen LogP contribution in [-0.2, 0) is 39.0 Å². The van der Waals surface area contributed by atoms with Gasteiger partial charge in [-0.05, 0) is 41.7 Å². The summed E-state index contributed by atoms with van der Waals surface area (Å²) < 4.78 is 22.6. The number of nitrogens with zero attached hydrogens (tertiary/aromatic N) is 1. The number of carbonyl (C=O) groups is 2. The molecule has 0 radical (unpaired) electrons. The first-order valence-corrected chi connectivity index (χ1v) is 11.2. The van der Waals surface area contributed by atoms with Gasteiger partial charge in [-0.15, -0.1) is 0 Å². The Morgan fingerprint density at radius 3 is 2.40 bits per heavy atom. The molecule has 0 aromatic heterocycles. The maximum atomic E-state index is 12.5. The predicted octanol–water partition coefficient (Wildman–Crippen LogP) is 0.166. The van der Waals surface area contributed by atoms with Crippen molar-refractivity contribution in [1.29, 1.82) is 0 Å². The molecule has 0 spiro atoms. The summed E-state index contributed by atoms with van der Waals surface area (Å²) in [6.07, 6.45) is 1.12. The zero-order valence-electron chi connectivity index (χ0n) is 16.8. The van der Waals surface area contributed by atoms with Crippen molar-refractivity contribution in [2.45, 2.75) is 30.3 Å². The zero-order chi connectivity index (χ0) is 21.7. The van der Waals surface area contributed by atoms with E-state index in [0.29, 0.717) is 25.9 Å². The average molecular weight is 431 g/mol. The van der Waals surface area contributed by atoms with Crippen LogP contribution in [0.15, 0.2) is 53.4 Å². The van der Waals surface area contributed by atoms with Crippen LogP contribution in [0.5, 0.6) is 0 Å². The number of amides is 2. The lowest BCUT2D eigenvalue weighted by atomic mass is 9.93. The molecule has 1 aliphatic heterocycles. The Morgan fingerprint density at radius 2 is 1.77 bits per heavy atom. The smallest absolute Gasteiger partial charge is 0.238 e. The van der Waals surface area contributed by atoms with Crippen molar-refractivity contribution in [2.75, 3.05) is 20.1 Å². The van der Waals surface area contributed by atoms with Crippen LogP contribution in [0.1, 0.15) is 16.7 Å². The molecular formula is C21H26N4O4S. The molecule has 1 unspecified atom stereocenters. The molecule has 3 rings (SSSR count). The van der Waals surface area contributed by atoms with Crippen molar-refractivity contribution in [2.24, 2.45) is 5.14 Å². The molecule has 1 heterocycles. The first kappa shape index (κ1) is 21.9. The summed E-state index contributed by atoms with van der Waals surface area (Å²) in [6, 6.07) is 13.8. The number of hydrogen-bond acceptors (Lipinski definition) is 5. The highest BCUT2D eigenvalue weighted by Gasteiger charge is 2.31. The molecule has 2 aromatic rings. The zero-order valence-corrected chi connectivity index (χ0v) is 17.6. The van der Waals surface area contributed by atoms with Crippen LogP contribution in [0.2, 0.25) is 0 Å². The van der Waals surface area contributed by atoms with E-state index in [-0.39, 0.29) is 29.3 Å². The predicted molar refractivity (Wildman–Crippen MR) is 113 cm³/mol. The van der Waals surface area contributed by atoms with Gasteiger partial charge in [-0.1, -0.05) is 36.4 Å². The molecule has 0 saturated heterocycles. The Hall–Kier alpha value is -2.75. The Bertz CT molecular complexity index is 1020. The summed E-state index contributed by atoms with van der Waals surface area (Å²) in [5, 5.41) is 10.6. The molecule has 0 saturated carbocycles. The standard InChI is InChI=1S/C21H26N4O4S/c1-23-21(27)19-12-16-4-2-3-5-17(16)13-25(19)14-20(26)24-11-10-15-6-8-18(9-7-15)30(22,28)29/h2-9,19H,10-14H2,1H3,(H,23,27)(H,24,26)(H2,22,28,29). The van der Waals surface area contributed by atoms with Crippen molar-refractivity contribution in [3.8, 4) is 0 Å². The van der Waals surface area contributed by atoms with Crippen molar-refractivity contribution < 1.29 is 18.0 Å². The fourth-order valence-corrected chi connectivity index (χ4v) is 4.12. The van der Waals surface area contributed by atoms with Gasteiger partial charge in [-0.25, -0.2) is 13.6 Å². The highest BCUT2D eigenvalue weighted by molar-refractivity contribution is 7.89. The van der Waals surface area contributed by atoms with E-state index in [9.17, 15) is 18.0 Å². The molecule has 0 aliphatic carbocycles. The van der Waals surface area contributed by atoms with E-state index in [4.69, 9.17) is 5.14 Å². The van der Waals surface area contributed by atoms with E-state index >= 15 is 0 Å². The molecule has 9 heteroatoms.